The van der Waals surface area contributed by atoms with Crippen LogP contribution in [0.2, 0.25) is 0 Å². The largest absolute Gasteiger partial charge is 0.494 e. The molecule has 0 aliphatic heterocycles. The predicted molar refractivity (Wildman–Crippen MR) is 74.3 cm³/mol. The van der Waals surface area contributed by atoms with Gasteiger partial charge in [0.15, 0.2) is 11.6 Å². The summed E-state index contributed by atoms with van der Waals surface area (Å²) in [6.07, 6.45) is 1.35. The summed E-state index contributed by atoms with van der Waals surface area (Å²) in [6.45, 7) is 0. The summed E-state index contributed by atoms with van der Waals surface area (Å²) in [5, 5.41) is 0.505. The first-order valence-electron chi connectivity index (χ1n) is 6.00. The number of methoxy groups -OCH3 is 1. The van der Waals surface area contributed by atoms with Crippen LogP contribution in [0.15, 0.2) is 47.5 Å². The lowest BCUT2D eigenvalue weighted by Crippen LogP contribution is -2.05. The van der Waals surface area contributed by atoms with Crippen molar-refractivity contribution in [2.24, 2.45) is 0 Å². The number of aromatic nitrogens is 2. The fourth-order valence-electron chi connectivity index (χ4n) is 2.09. The molecule has 4 nitrogen and oxygen atoms in total. The SMILES string of the molecule is COc1ccc(-c2ccc3c(=O)[nH]cnc3c2)cc1F. The standard InChI is InChI=1S/C15H11FN2O2/c1-20-14-5-3-9(6-12(14)16)10-2-4-11-13(7-10)17-8-18-15(11)19/h2-8H,1H3,(H,17,18,19). The molecule has 0 unspecified atom stereocenters. The van der Waals surface area contributed by atoms with Crippen molar-refractivity contribution >= 4 is 10.9 Å². The number of fused-ring (bicyclic) bond motifs is 1. The van der Waals surface area contributed by atoms with Gasteiger partial charge in [0, 0.05) is 0 Å². The maximum absolute atomic E-state index is 13.7. The van der Waals surface area contributed by atoms with Crippen molar-refractivity contribution in [2.75, 3.05) is 7.11 Å². The summed E-state index contributed by atoms with van der Waals surface area (Å²) in [7, 11) is 1.42. The van der Waals surface area contributed by atoms with Crippen molar-refractivity contribution in [3.63, 3.8) is 0 Å². The molecule has 1 aromatic heterocycles. The van der Waals surface area contributed by atoms with Crippen molar-refractivity contribution < 1.29 is 9.13 Å². The summed E-state index contributed by atoms with van der Waals surface area (Å²) in [4.78, 5) is 18.2. The number of nitrogens with zero attached hydrogens (tertiary/aromatic N) is 1. The Labute approximate surface area is 113 Å². The molecule has 0 saturated carbocycles. The van der Waals surface area contributed by atoms with E-state index < -0.39 is 5.82 Å². The molecule has 3 aromatic rings. The molecule has 0 amide bonds. The van der Waals surface area contributed by atoms with E-state index in [2.05, 4.69) is 9.97 Å². The molecule has 1 N–H and O–H groups in total. The summed E-state index contributed by atoms with van der Waals surface area (Å²) in [5.74, 6) is -0.229. The molecule has 0 radical (unpaired) electrons. The number of hydrogen-bond acceptors (Lipinski definition) is 3. The zero-order chi connectivity index (χ0) is 14.1. The molecular formula is C15H11FN2O2. The van der Waals surface area contributed by atoms with Crippen molar-refractivity contribution in [1.82, 2.24) is 9.97 Å². The molecule has 20 heavy (non-hydrogen) atoms. The molecular weight excluding hydrogens is 259 g/mol. The summed E-state index contributed by atoms with van der Waals surface area (Å²) in [6, 6.07) is 9.93. The van der Waals surface area contributed by atoms with Crippen molar-refractivity contribution in [3.8, 4) is 16.9 Å². The molecule has 3 rings (SSSR count). The summed E-state index contributed by atoms with van der Waals surface area (Å²) < 4.78 is 18.6. The smallest absolute Gasteiger partial charge is 0.258 e. The fourth-order valence-corrected chi connectivity index (χ4v) is 2.09. The number of aromatic amines is 1. The van der Waals surface area contributed by atoms with Crippen LogP contribution in [0.5, 0.6) is 5.75 Å². The Hall–Kier alpha value is -2.69. The Morgan fingerprint density at radius 2 is 1.90 bits per heavy atom. The van der Waals surface area contributed by atoms with E-state index in [9.17, 15) is 9.18 Å². The number of ether oxygens (including phenoxy) is 1. The van der Waals surface area contributed by atoms with E-state index in [1.807, 2.05) is 0 Å². The van der Waals surface area contributed by atoms with Gasteiger partial charge in [-0.05, 0) is 35.4 Å². The van der Waals surface area contributed by atoms with Gasteiger partial charge in [-0.15, -0.1) is 0 Å². The highest BCUT2D eigenvalue weighted by molar-refractivity contribution is 5.83. The van der Waals surface area contributed by atoms with E-state index >= 15 is 0 Å². The Morgan fingerprint density at radius 1 is 1.15 bits per heavy atom. The first-order valence-corrected chi connectivity index (χ1v) is 6.00. The van der Waals surface area contributed by atoms with Gasteiger partial charge in [0.25, 0.3) is 5.56 Å². The van der Waals surface area contributed by atoms with E-state index in [0.29, 0.717) is 16.5 Å². The maximum atomic E-state index is 13.7. The lowest BCUT2D eigenvalue weighted by atomic mass is 10.0. The molecule has 0 saturated heterocycles. The third kappa shape index (κ3) is 2.03. The third-order valence-corrected chi connectivity index (χ3v) is 3.13. The quantitative estimate of drug-likeness (QED) is 0.779. The topological polar surface area (TPSA) is 55.0 Å². The molecule has 0 spiro atoms. The van der Waals surface area contributed by atoms with Gasteiger partial charge >= 0.3 is 0 Å². The number of hydrogen-bond donors (Lipinski definition) is 1. The first-order chi connectivity index (χ1) is 9.69. The van der Waals surface area contributed by atoms with E-state index in [1.54, 1.807) is 30.3 Å². The van der Waals surface area contributed by atoms with Crippen LogP contribution in [0.25, 0.3) is 22.0 Å². The minimum absolute atomic E-state index is 0.192. The van der Waals surface area contributed by atoms with Crippen LogP contribution in [0.3, 0.4) is 0 Å². The molecule has 0 fully saturated rings. The second-order valence-electron chi connectivity index (χ2n) is 4.31. The normalized spacial score (nSPS) is 10.7. The molecule has 0 atom stereocenters. The average molecular weight is 270 g/mol. The maximum Gasteiger partial charge on any atom is 0.258 e. The molecule has 100 valence electrons. The van der Waals surface area contributed by atoms with Crippen LogP contribution in [-0.4, -0.2) is 17.1 Å². The van der Waals surface area contributed by atoms with Gasteiger partial charge < -0.3 is 9.72 Å². The average Bonchev–Trinajstić information content (AvgIpc) is 2.47. The second kappa shape index (κ2) is 4.77. The number of halogens is 1. The van der Waals surface area contributed by atoms with Crippen LogP contribution in [-0.2, 0) is 0 Å². The molecule has 0 bridgehead atoms. The summed E-state index contributed by atoms with van der Waals surface area (Å²) >= 11 is 0. The highest BCUT2D eigenvalue weighted by atomic mass is 19.1. The van der Waals surface area contributed by atoms with Gasteiger partial charge in [-0.1, -0.05) is 12.1 Å². The second-order valence-corrected chi connectivity index (χ2v) is 4.31. The minimum Gasteiger partial charge on any atom is -0.494 e. The van der Waals surface area contributed by atoms with Crippen LogP contribution in [0.1, 0.15) is 0 Å². The Morgan fingerprint density at radius 3 is 2.65 bits per heavy atom. The van der Waals surface area contributed by atoms with Crippen molar-refractivity contribution in [2.45, 2.75) is 0 Å². The van der Waals surface area contributed by atoms with Gasteiger partial charge in [-0.3, -0.25) is 4.79 Å². The Kier molecular flexibility index (Phi) is 2.95. The van der Waals surface area contributed by atoms with Crippen LogP contribution in [0, 0.1) is 5.82 Å². The molecule has 1 heterocycles. The zero-order valence-electron chi connectivity index (χ0n) is 10.7. The van der Waals surface area contributed by atoms with Crippen LogP contribution < -0.4 is 10.3 Å². The Balaban J connectivity index is 2.15. The van der Waals surface area contributed by atoms with Gasteiger partial charge in [0.2, 0.25) is 0 Å². The zero-order valence-corrected chi connectivity index (χ0v) is 10.7. The number of nitrogens with one attached hydrogen (secondary N) is 1. The van der Waals surface area contributed by atoms with E-state index in [1.165, 1.54) is 19.5 Å². The van der Waals surface area contributed by atoms with Gasteiger partial charge in [-0.25, -0.2) is 9.37 Å². The minimum atomic E-state index is -0.427. The third-order valence-electron chi connectivity index (χ3n) is 3.13. The van der Waals surface area contributed by atoms with E-state index in [-0.39, 0.29) is 11.3 Å². The van der Waals surface area contributed by atoms with Gasteiger partial charge in [-0.2, -0.15) is 0 Å². The monoisotopic (exact) mass is 270 g/mol. The van der Waals surface area contributed by atoms with Gasteiger partial charge in [0.05, 0.1) is 24.3 Å². The van der Waals surface area contributed by atoms with Crippen LogP contribution in [0.4, 0.5) is 4.39 Å². The highest BCUT2D eigenvalue weighted by Crippen LogP contribution is 2.26. The fraction of sp³-hybridized carbons (Fsp3) is 0.0667. The van der Waals surface area contributed by atoms with E-state index in [0.717, 1.165) is 5.56 Å². The Bertz CT molecular complexity index is 843. The van der Waals surface area contributed by atoms with Gasteiger partial charge in [0.1, 0.15) is 0 Å². The lowest BCUT2D eigenvalue weighted by Gasteiger charge is -2.06. The first kappa shape index (κ1) is 12.3. The highest BCUT2D eigenvalue weighted by Gasteiger charge is 2.07. The molecule has 5 heteroatoms. The number of H-pyrrole nitrogens is 1. The predicted octanol–water partition coefficient (Wildman–Crippen LogP) is 2.74. The number of rotatable bonds is 2. The molecule has 0 aliphatic carbocycles. The molecule has 0 aliphatic rings. The summed E-state index contributed by atoms with van der Waals surface area (Å²) in [5.41, 5.74) is 1.87. The van der Waals surface area contributed by atoms with Crippen molar-refractivity contribution in [3.05, 3.63) is 58.9 Å². The van der Waals surface area contributed by atoms with E-state index in [4.69, 9.17) is 4.74 Å². The number of benzene rings is 2. The van der Waals surface area contributed by atoms with Crippen LogP contribution >= 0.6 is 0 Å². The lowest BCUT2D eigenvalue weighted by molar-refractivity contribution is 0.386. The van der Waals surface area contributed by atoms with Crippen molar-refractivity contribution in [1.29, 1.82) is 0 Å². The molecule has 2 aromatic carbocycles.